The van der Waals surface area contributed by atoms with Crippen LogP contribution in [0.25, 0.3) is 0 Å². The van der Waals surface area contributed by atoms with Gasteiger partial charge >= 0.3 is 5.97 Å². The molecule has 4 heteroatoms. The molecular formula is C14H19NO3. The average Bonchev–Trinajstić information content (AvgIpc) is 2.36. The minimum atomic E-state index is -0.212. The molecule has 0 unspecified atom stereocenters. The van der Waals surface area contributed by atoms with Crippen molar-refractivity contribution in [2.75, 3.05) is 13.2 Å². The van der Waals surface area contributed by atoms with Crippen molar-refractivity contribution >= 4 is 11.9 Å². The zero-order chi connectivity index (χ0) is 13.2. The highest BCUT2D eigenvalue weighted by molar-refractivity contribution is 5.73. The van der Waals surface area contributed by atoms with Crippen LogP contribution in [-0.2, 0) is 20.7 Å². The van der Waals surface area contributed by atoms with Crippen LogP contribution in [0.3, 0.4) is 0 Å². The van der Waals surface area contributed by atoms with Gasteiger partial charge in [-0.2, -0.15) is 0 Å². The van der Waals surface area contributed by atoms with E-state index in [0.717, 1.165) is 12.0 Å². The molecule has 0 atom stereocenters. The third-order valence-electron chi connectivity index (χ3n) is 2.43. The van der Waals surface area contributed by atoms with Crippen LogP contribution in [0.15, 0.2) is 30.3 Å². The van der Waals surface area contributed by atoms with Crippen LogP contribution in [0.1, 0.15) is 25.3 Å². The van der Waals surface area contributed by atoms with Crippen molar-refractivity contribution in [2.24, 2.45) is 0 Å². The number of nitrogens with one attached hydrogen (secondary N) is 1. The molecule has 0 spiro atoms. The fourth-order valence-corrected chi connectivity index (χ4v) is 1.50. The Hall–Kier alpha value is -1.84. The number of hydrogen-bond acceptors (Lipinski definition) is 3. The zero-order valence-electron chi connectivity index (χ0n) is 10.6. The van der Waals surface area contributed by atoms with E-state index in [4.69, 9.17) is 4.74 Å². The molecule has 18 heavy (non-hydrogen) atoms. The number of ether oxygens (including phenoxy) is 1. The Morgan fingerprint density at radius 1 is 1.22 bits per heavy atom. The van der Waals surface area contributed by atoms with Crippen LogP contribution in [0.2, 0.25) is 0 Å². The van der Waals surface area contributed by atoms with Gasteiger partial charge in [-0.05, 0) is 12.0 Å². The summed E-state index contributed by atoms with van der Waals surface area (Å²) in [6, 6.07) is 9.89. The first-order valence-electron chi connectivity index (χ1n) is 6.12. The molecule has 1 amide bonds. The third kappa shape index (κ3) is 6.68. The molecule has 1 N–H and O–H groups in total. The molecule has 0 saturated carbocycles. The monoisotopic (exact) mass is 249 g/mol. The van der Waals surface area contributed by atoms with Gasteiger partial charge in [0.05, 0.1) is 6.61 Å². The molecule has 0 heterocycles. The topological polar surface area (TPSA) is 55.4 Å². The van der Waals surface area contributed by atoms with Gasteiger partial charge in [0.1, 0.15) is 0 Å². The second kappa shape index (κ2) is 8.28. The molecule has 98 valence electrons. The molecule has 0 aliphatic rings. The highest BCUT2D eigenvalue weighted by Gasteiger charge is 2.02. The van der Waals surface area contributed by atoms with Gasteiger partial charge in [-0.15, -0.1) is 0 Å². The Balaban J connectivity index is 2.05. The number of amides is 1. The van der Waals surface area contributed by atoms with Gasteiger partial charge in [-0.1, -0.05) is 30.3 Å². The maximum Gasteiger partial charge on any atom is 0.305 e. The van der Waals surface area contributed by atoms with E-state index >= 15 is 0 Å². The van der Waals surface area contributed by atoms with Gasteiger partial charge in [0.25, 0.3) is 0 Å². The summed E-state index contributed by atoms with van der Waals surface area (Å²) in [6.07, 6.45) is 1.69. The van der Waals surface area contributed by atoms with Crippen molar-refractivity contribution in [3.8, 4) is 0 Å². The molecular weight excluding hydrogens is 230 g/mol. The minimum Gasteiger partial charge on any atom is -0.465 e. The van der Waals surface area contributed by atoms with Crippen LogP contribution in [0.4, 0.5) is 0 Å². The molecule has 0 saturated heterocycles. The van der Waals surface area contributed by atoms with Crippen molar-refractivity contribution in [3.05, 3.63) is 35.9 Å². The first kappa shape index (κ1) is 14.2. The van der Waals surface area contributed by atoms with Crippen LogP contribution in [0.5, 0.6) is 0 Å². The smallest absolute Gasteiger partial charge is 0.305 e. The fourth-order valence-electron chi connectivity index (χ4n) is 1.50. The molecule has 0 radical (unpaired) electrons. The van der Waals surface area contributed by atoms with E-state index in [2.05, 4.69) is 5.32 Å². The fraction of sp³-hybridized carbons (Fsp3) is 0.429. The summed E-state index contributed by atoms with van der Waals surface area (Å²) in [5, 5.41) is 2.64. The first-order valence-corrected chi connectivity index (χ1v) is 6.12. The second-order valence-electron chi connectivity index (χ2n) is 4.04. The molecule has 0 aliphatic heterocycles. The van der Waals surface area contributed by atoms with Gasteiger partial charge in [0.2, 0.25) is 5.91 Å². The predicted octanol–water partition coefficient (Wildman–Crippen LogP) is 1.69. The number of benzene rings is 1. The lowest BCUT2D eigenvalue weighted by Gasteiger charge is -2.05. The quantitative estimate of drug-likeness (QED) is 0.591. The third-order valence-corrected chi connectivity index (χ3v) is 2.43. The summed E-state index contributed by atoms with van der Waals surface area (Å²) in [6.45, 7) is 2.38. The van der Waals surface area contributed by atoms with Crippen LogP contribution in [-0.4, -0.2) is 25.0 Å². The Labute approximate surface area is 107 Å². The number of esters is 1. The van der Waals surface area contributed by atoms with Crippen LogP contribution in [0, 0.1) is 0 Å². The number of carbonyl (C=O) groups excluding carboxylic acids is 2. The van der Waals surface area contributed by atoms with E-state index in [-0.39, 0.29) is 11.9 Å². The Bertz CT molecular complexity index is 376. The van der Waals surface area contributed by atoms with Crippen molar-refractivity contribution in [1.29, 1.82) is 0 Å². The molecule has 0 aliphatic carbocycles. The lowest BCUT2D eigenvalue weighted by atomic mass is 10.2. The molecule has 0 bridgehead atoms. The Kier molecular flexibility index (Phi) is 6.54. The summed E-state index contributed by atoms with van der Waals surface area (Å²) in [4.78, 5) is 21.9. The molecule has 1 aromatic rings. The lowest BCUT2D eigenvalue weighted by Crippen LogP contribution is -2.21. The highest BCUT2D eigenvalue weighted by Crippen LogP contribution is 2.00. The predicted molar refractivity (Wildman–Crippen MR) is 69.0 cm³/mol. The van der Waals surface area contributed by atoms with Crippen molar-refractivity contribution in [2.45, 2.75) is 26.2 Å². The van der Waals surface area contributed by atoms with E-state index < -0.39 is 0 Å². The summed E-state index contributed by atoms with van der Waals surface area (Å²) in [5.41, 5.74) is 1.16. The van der Waals surface area contributed by atoms with Crippen molar-refractivity contribution in [3.63, 3.8) is 0 Å². The van der Waals surface area contributed by atoms with E-state index in [1.807, 2.05) is 30.3 Å². The van der Waals surface area contributed by atoms with E-state index in [1.54, 1.807) is 0 Å². The lowest BCUT2D eigenvalue weighted by molar-refractivity contribution is -0.143. The largest absolute Gasteiger partial charge is 0.465 e. The maximum atomic E-state index is 11.3. The average molecular weight is 249 g/mol. The standard InChI is InChI=1S/C14H19NO3/c1-12(16)15-10-5-8-14(17)18-11-9-13-6-3-2-4-7-13/h2-4,6-7H,5,8-11H2,1H3,(H,15,16). The Morgan fingerprint density at radius 3 is 2.61 bits per heavy atom. The highest BCUT2D eigenvalue weighted by atomic mass is 16.5. The van der Waals surface area contributed by atoms with Gasteiger partial charge < -0.3 is 10.1 Å². The minimum absolute atomic E-state index is 0.0764. The maximum absolute atomic E-state index is 11.3. The van der Waals surface area contributed by atoms with Crippen molar-refractivity contribution < 1.29 is 14.3 Å². The van der Waals surface area contributed by atoms with Gasteiger partial charge in [0, 0.05) is 26.3 Å². The molecule has 0 aromatic heterocycles. The number of carbonyl (C=O) groups is 2. The normalized spacial score (nSPS) is 9.83. The van der Waals surface area contributed by atoms with E-state index in [1.165, 1.54) is 6.92 Å². The zero-order valence-corrected chi connectivity index (χ0v) is 10.6. The molecule has 1 rings (SSSR count). The number of rotatable bonds is 7. The number of hydrogen-bond donors (Lipinski definition) is 1. The molecule has 1 aromatic carbocycles. The summed E-state index contributed by atoms with van der Waals surface area (Å²) < 4.78 is 5.10. The van der Waals surface area contributed by atoms with Crippen LogP contribution < -0.4 is 5.32 Å². The van der Waals surface area contributed by atoms with Crippen LogP contribution >= 0.6 is 0 Å². The first-order chi connectivity index (χ1) is 8.68. The summed E-state index contributed by atoms with van der Waals surface area (Å²) >= 11 is 0. The van der Waals surface area contributed by atoms with Gasteiger partial charge in [0.15, 0.2) is 0 Å². The van der Waals surface area contributed by atoms with Gasteiger partial charge in [-0.25, -0.2) is 0 Å². The Morgan fingerprint density at radius 2 is 1.94 bits per heavy atom. The van der Waals surface area contributed by atoms with E-state index in [9.17, 15) is 9.59 Å². The molecule has 4 nitrogen and oxygen atoms in total. The summed E-state index contributed by atoms with van der Waals surface area (Å²) in [7, 11) is 0. The SMILES string of the molecule is CC(=O)NCCCC(=O)OCCc1ccccc1. The van der Waals surface area contributed by atoms with Crippen molar-refractivity contribution in [1.82, 2.24) is 5.32 Å². The summed E-state index contributed by atoms with van der Waals surface area (Å²) in [5.74, 6) is -0.288. The van der Waals surface area contributed by atoms with E-state index in [0.29, 0.717) is 26.0 Å². The van der Waals surface area contributed by atoms with Gasteiger partial charge in [-0.3, -0.25) is 9.59 Å². The molecule has 0 fully saturated rings. The second-order valence-corrected chi connectivity index (χ2v) is 4.04.